The molecule has 0 aromatic heterocycles. The molecule has 0 saturated heterocycles. The number of benzene rings is 4. The number of fused-ring (bicyclic) bond motifs is 9. The van der Waals surface area contributed by atoms with Crippen molar-refractivity contribution in [2.24, 2.45) is 11.3 Å². The van der Waals surface area contributed by atoms with Crippen LogP contribution in [0, 0.1) is 23.4 Å². The monoisotopic (exact) mass is 700 g/mol. The smallest absolute Gasteiger partial charge is 0.161 e. The Morgan fingerprint density at radius 1 is 0.962 bits per heavy atom. The highest BCUT2D eigenvalue weighted by atomic mass is 16.5. The number of ether oxygens (including phenoxy) is 3. The molecule has 270 valence electrons. The molecule has 0 fully saturated rings. The van der Waals surface area contributed by atoms with E-state index in [2.05, 4.69) is 36.3 Å². The summed E-state index contributed by atoms with van der Waals surface area (Å²) in [5, 5.41) is 33.8. The van der Waals surface area contributed by atoms with Crippen molar-refractivity contribution in [1.82, 2.24) is 0 Å². The Morgan fingerprint density at radius 2 is 1.81 bits per heavy atom. The third kappa shape index (κ3) is 9.18. The molecule has 3 N–H and O–H groups in total. The van der Waals surface area contributed by atoms with Crippen LogP contribution in [0.15, 0.2) is 103 Å². The molecule has 0 amide bonds. The van der Waals surface area contributed by atoms with Crippen molar-refractivity contribution in [2.75, 3.05) is 13.7 Å². The Kier molecular flexibility index (Phi) is 12.2. The van der Waals surface area contributed by atoms with Crippen LogP contribution in [0.4, 0.5) is 0 Å². The summed E-state index contributed by atoms with van der Waals surface area (Å²) in [4.78, 5) is 13.6. The van der Waals surface area contributed by atoms with Crippen molar-refractivity contribution in [1.29, 1.82) is 0 Å². The van der Waals surface area contributed by atoms with Crippen LogP contribution in [-0.4, -0.2) is 40.9 Å². The van der Waals surface area contributed by atoms with Crippen LogP contribution >= 0.6 is 0 Å². The van der Waals surface area contributed by atoms with E-state index in [1.807, 2.05) is 60.7 Å². The third-order valence-corrected chi connectivity index (χ3v) is 10.4. The predicted octanol–water partition coefficient (Wildman–Crippen LogP) is 8.73. The van der Waals surface area contributed by atoms with Crippen molar-refractivity contribution in [3.05, 3.63) is 125 Å². The SMILES string of the molecule is COc1ccc2cc1OCc1ccc3c(c(O)ccc3c1)CC#CO[C@@H](C[C@]1(CCO)C=C(O)C=C[C@H]1CCCCc1ccccc1)CC(=O)CC2. The van der Waals surface area contributed by atoms with Gasteiger partial charge in [-0.15, -0.1) is 0 Å². The summed E-state index contributed by atoms with van der Waals surface area (Å²) >= 11 is 0. The van der Waals surface area contributed by atoms with Gasteiger partial charge in [0.1, 0.15) is 36.1 Å². The summed E-state index contributed by atoms with van der Waals surface area (Å²) in [6.45, 7) is 0.247. The number of ketones is 1. The second kappa shape index (κ2) is 17.4. The van der Waals surface area contributed by atoms with Crippen LogP contribution in [0.3, 0.4) is 0 Å². The van der Waals surface area contributed by atoms with E-state index in [-0.39, 0.29) is 42.7 Å². The zero-order valence-electron chi connectivity index (χ0n) is 29.9. The predicted molar refractivity (Wildman–Crippen MR) is 203 cm³/mol. The second-order valence-electron chi connectivity index (χ2n) is 14.0. The van der Waals surface area contributed by atoms with Crippen molar-refractivity contribution >= 4 is 16.6 Å². The van der Waals surface area contributed by atoms with E-state index in [0.717, 1.165) is 47.6 Å². The maximum Gasteiger partial charge on any atom is 0.161 e. The molecule has 4 aromatic carbocycles. The second-order valence-corrected chi connectivity index (χ2v) is 14.0. The van der Waals surface area contributed by atoms with Gasteiger partial charge in [-0.05, 0) is 108 Å². The lowest BCUT2D eigenvalue weighted by Crippen LogP contribution is -2.36. The van der Waals surface area contributed by atoms with Gasteiger partial charge in [0.05, 0.1) is 7.11 Å². The number of aromatic hydroxyl groups is 1. The summed E-state index contributed by atoms with van der Waals surface area (Å²) < 4.78 is 18.0. The highest BCUT2D eigenvalue weighted by Gasteiger charge is 2.40. The number of carbonyl (C=O) groups is 1. The van der Waals surface area contributed by atoms with Gasteiger partial charge in [-0.2, -0.15) is 0 Å². The molecule has 2 heterocycles. The molecule has 0 unspecified atom stereocenters. The first-order valence-corrected chi connectivity index (χ1v) is 18.3. The maximum atomic E-state index is 13.6. The van der Waals surface area contributed by atoms with Crippen LogP contribution in [0.5, 0.6) is 17.2 Å². The van der Waals surface area contributed by atoms with E-state index in [1.54, 1.807) is 19.3 Å². The van der Waals surface area contributed by atoms with Gasteiger partial charge in [0.15, 0.2) is 11.5 Å². The molecule has 4 aromatic rings. The molecular weight excluding hydrogens is 652 g/mol. The van der Waals surface area contributed by atoms with Gasteiger partial charge in [0.2, 0.25) is 0 Å². The first-order valence-electron chi connectivity index (χ1n) is 18.3. The molecular formula is C45H48O7. The number of Topliss-reactive ketones (excluding diaryl/α,β-unsaturated/α-hetero) is 1. The van der Waals surface area contributed by atoms with Gasteiger partial charge < -0.3 is 29.5 Å². The molecule has 2 aliphatic heterocycles. The Hall–Kier alpha value is -5.19. The molecule has 3 aliphatic rings. The van der Waals surface area contributed by atoms with Crippen LogP contribution in [0.2, 0.25) is 0 Å². The summed E-state index contributed by atoms with van der Waals surface area (Å²) in [7, 11) is 1.61. The Bertz CT molecular complexity index is 1970. The normalized spacial score (nSPS) is 20.5. The van der Waals surface area contributed by atoms with Crippen LogP contribution in [0.1, 0.15) is 67.2 Å². The number of aryl methyl sites for hydroxylation is 2. The lowest BCUT2D eigenvalue weighted by atomic mass is 9.65. The molecule has 52 heavy (non-hydrogen) atoms. The Morgan fingerprint density at radius 3 is 2.63 bits per heavy atom. The summed E-state index contributed by atoms with van der Waals surface area (Å²) in [5.74, 6) is 4.67. The largest absolute Gasteiger partial charge is 0.508 e. The van der Waals surface area contributed by atoms with E-state index in [1.165, 1.54) is 5.56 Å². The Balaban J connectivity index is 1.28. The number of rotatable bonds is 10. The van der Waals surface area contributed by atoms with Gasteiger partial charge in [-0.3, -0.25) is 4.79 Å². The first-order chi connectivity index (χ1) is 25.4. The number of aliphatic hydroxyl groups excluding tert-OH is 2. The van der Waals surface area contributed by atoms with Gasteiger partial charge in [-0.25, -0.2) is 0 Å². The molecule has 7 rings (SSSR count). The van der Waals surface area contributed by atoms with Crippen molar-refractivity contribution < 1.29 is 34.3 Å². The van der Waals surface area contributed by atoms with Crippen molar-refractivity contribution in [3.8, 4) is 29.3 Å². The zero-order chi connectivity index (χ0) is 36.3. The number of phenolic OH excluding ortho intramolecular Hbond substituents is 1. The van der Waals surface area contributed by atoms with E-state index in [9.17, 15) is 20.1 Å². The number of aliphatic hydroxyl groups is 2. The zero-order valence-corrected chi connectivity index (χ0v) is 29.9. The number of phenols is 1. The number of allylic oxidation sites excluding steroid dienone is 3. The van der Waals surface area contributed by atoms with E-state index < -0.39 is 11.5 Å². The summed E-state index contributed by atoms with van der Waals surface area (Å²) in [5.41, 5.74) is 3.29. The molecule has 3 atom stereocenters. The van der Waals surface area contributed by atoms with E-state index in [4.69, 9.17) is 14.2 Å². The molecule has 6 bridgehead atoms. The van der Waals surface area contributed by atoms with Gasteiger partial charge in [0.25, 0.3) is 0 Å². The van der Waals surface area contributed by atoms with Crippen molar-refractivity contribution in [2.45, 2.75) is 76.9 Å². The van der Waals surface area contributed by atoms with Crippen LogP contribution in [-0.2, 0) is 35.4 Å². The van der Waals surface area contributed by atoms with Crippen molar-refractivity contribution in [3.63, 3.8) is 0 Å². The minimum absolute atomic E-state index is 0.0288. The molecule has 7 nitrogen and oxygen atoms in total. The average molecular weight is 701 g/mol. The van der Waals surface area contributed by atoms with E-state index in [0.29, 0.717) is 49.4 Å². The fraction of sp³-hybridized carbons (Fsp3) is 0.356. The topological polar surface area (TPSA) is 105 Å². The number of hydrogen-bond acceptors (Lipinski definition) is 7. The molecule has 0 radical (unpaired) electrons. The summed E-state index contributed by atoms with van der Waals surface area (Å²) in [6, 6.07) is 25.7. The molecule has 0 spiro atoms. The lowest BCUT2D eigenvalue weighted by Gasteiger charge is -2.41. The van der Waals surface area contributed by atoms with Gasteiger partial charge in [-0.1, -0.05) is 73.0 Å². The average Bonchev–Trinajstić information content (AvgIpc) is 3.15. The van der Waals surface area contributed by atoms with Gasteiger partial charge in [0, 0.05) is 36.8 Å². The third-order valence-electron chi connectivity index (χ3n) is 10.4. The minimum atomic E-state index is -0.629. The molecule has 7 heteroatoms. The number of unbranched alkanes of at least 4 members (excludes halogenated alkanes) is 1. The minimum Gasteiger partial charge on any atom is -0.508 e. The van der Waals surface area contributed by atoms with Gasteiger partial charge >= 0.3 is 0 Å². The number of hydrogen-bond donors (Lipinski definition) is 3. The summed E-state index contributed by atoms with van der Waals surface area (Å²) in [6.07, 6.45) is 13.8. The highest BCUT2D eigenvalue weighted by Crippen LogP contribution is 2.46. The quantitative estimate of drug-likeness (QED) is 0.112. The van der Waals surface area contributed by atoms with Crippen LogP contribution in [0.25, 0.3) is 10.8 Å². The number of carbonyl (C=O) groups excluding carboxylic acids is 1. The van der Waals surface area contributed by atoms with Crippen LogP contribution < -0.4 is 9.47 Å². The molecule has 1 aliphatic carbocycles. The van der Waals surface area contributed by atoms with E-state index >= 15 is 0 Å². The fourth-order valence-electron chi connectivity index (χ4n) is 7.68. The fourth-order valence-corrected chi connectivity index (χ4v) is 7.68. The standard InChI is InChI=1S/C45H48O7/c1-50-43-22-15-33-13-18-37(47)28-39(30-45(23-24-46)29-38(48)19-17-36(45)11-6-5-10-32-8-3-2-4-9-32)51-25-7-12-41-40-20-14-34(31-52-44(43)27-33)26-35(40)16-21-42(41)49/h2-4,8-9,14-17,19-22,26-27,29,36,39,46,48-49H,5-6,10-13,18,23-24,28,30-31H2,1H3/t36-,39-,45+/m1/s1. The highest BCUT2D eigenvalue weighted by molar-refractivity contribution is 5.88. The maximum absolute atomic E-state index is 13.6. The number of methoxy groups -OCH3 is 1. The molecule has 0 saturated carbocycles. The first kappa shape index (κ1) is 36.6. The lowest BCUT2D eigenvalue weighted by molar-refractivity contribution is -0.121. The Labute approximate surface area is 306 Å².